The van der Waals surface area contributed by atoms with Gasteiger partial charge in [-0.25, -0.2) is 0 Å². The molecule has 3 rings (SSSR count). The number of carbonyl (C=O) groups is 4. The molecular formula is C22H29N3O4. The molecule has 0 spiro atoms. The van der Waals surface area contributed by atoms with Crippen LogP contribution < -0.4 is 5.32 Å². The van der Waals surface area contributed by atoms with E-state index in [2.05, 4.69) is 18.3 Å². The van der Waals surface area contributed by atoms with Crippen LogP contribution in [0.2, 0.25) is 0 Å². The first kappa shape index (κ1) is 21.0. The van der Waals surface area contributed by atoms with Crippen molar-refractivity contribution in [3.8, 4) is 0 Å². The predicted molar refractivity (Wildman–Crippen MR) is 108 cm³/mol. The maximum Gasteiger partial charge on any atom is 0.249 e. The van der Waals surface area contributed by atoms with Crippen LogP contribution in [0.1, 0.15) is 48.8 Å². The van der Waals surface area contributed by atoms with E-state index < -0.39 is 11.9 Å². The highest BCUT2D eigenvalue weighted by Gasteiger charge is 2.31. The molecule has 7 nitrogen and oxygen atoms in total. The number of hydrogen-bond donors (Lipinski definition) is 1. The van der Waals surface area contributed by atoms with Crippen molar-refractivity contribution in [2.45, 2.75) is 58.0 Å². The summed E-state index contributed by atoms with van der Waals surface area (Å²) < 4.78 is 0. The number of aryl methyl sites for hydroxylation is 1. The maximum atomic E-state index is 12.1. The van der Waals surface area contributed by atoms with Crippen LogP contribution in [0.4, 0.5) is 0 Å². The Hall–Kier alpha value is -2.70. The van der Waals surface area contributed by atoms with Gasteiger partial charge < -0.3 is 9.80 Å². The summed E-state index contributed by atoms with van der Waals surface area (Å²) >= 11 is 0. The van der Waals surface area contributed by atoms with Gasteiger partial charge in [-0.2, -0.15) is 0 Å². The first-order valence-corrected chi connectivity index (χ1v) is 10.3. The summed E-state index contributed by atoms with van der Waals surface area (Å²) in [7, 11) is 0. The second kappa shape index (κ2) is 9.67. The fourth-order valence-electron chi connectivity index (χ4n) is 4.30. The van der Waals surface area contributed by atoms with Crippen molar-refractivity contribution in [1.82, 2.24) is 15.1 Å². The van der Waals surface area contributed by atoms with Crippen LogP contribution in [0.25, 0.3) is 0 Å². The van der Waals surface area contributed by atoms with E-state index >= 15 is 0 Å². The lowest BCUT2D eigenvalue weighted by molar-refractivity contribution is -0.141. The summed E-state index contributed by atoms with van der Waals surface area (Å²) in [6.07, 6.45) is 6.40. The summed E-state index contributed by atoms with van der Waals surface area (Å²) in [5, 5.41) is 2.32. The Morgan fingerprint density at radius 1 is 1.14 bits per heavy atom. The largest absolute Gasteiger partial charge is 0.345 e. The third-order valence-corrected chi connectivity index (χ3v) is 6.28. The van der Waals surface area contributed by atoms with Crippen molar-refractivity contribution < 1.29 is 19.2 Å². The molecule has 2 heterocycles. The standard InChI is InChI=1S/C22H29N3O4/c1-16-18(6-5-17-9-11-24(14-26)12-10-17)3-2-4-19(16)13-25(15-27)20-7-8-21(28)23-22(20)29/h2-4,14-15,17,20H,5-13H2,1H3,(H,23,28,29). The van der Waals surface area contributed by atoms with E-state index in [1.807, 2.05) is 17.0 Å². The van der Waals surface area contributed by atoms with Crippen molar-refractivity contribution in [1.29, 1.82) is 0 Å². The first-order chi connectivity index (χ1) is 14.0. The fraction of sp³-hybridized carbons (Fsp3) is 0.545. The third kappa shape index (κ3) is 5.22. The van der Waals surface area contributed by atoms with Gasteiger partial charge in [0.2, 0.25) is 24.6 Å². The summed E-state index contributed by atoms with van der Waals surface area (Å²) in [6.45, 7) is 4.10. The molecule has 0 saturated carbocycles. The molecule has 4 amide bonds. The van der Waals surface area contributed by atoms with Gasteiger partial charge in [0.05, 0.1) is 0 Å². The lowest BCUT2D eigenvalue weighted by Gasteiger charge is -2.31. The van der Waals surface area contributed by atoms with Crippen molar-refractivity contribution in [3.05, 3.63) is 34.9 Å². The summed E-state index contributed by atoms with van der Waals surface area (Å²) in [5.74, 6) is -0.0534. The molecule has 1 N–H and O–H groups in total. The van der Waals surface area contributed by atoms with Gasteiger partial charge in [0.25, 0.3) is 0 Å². The zero-order chi connectivity index (χ0) is 20.8. The molecule has 0 bridgehead atoms. The van der Waals surface area contributed by atoms with Crippen LogP contribution in [0, 0.1) is 12.8 Å². The monoisotopic (exact) mass is 399 g/mol. The summed E-state index contributed by atoms with van der Waals surface area (Å²) in [6, 6.07) is 5.51. The van der Waals surface area contributed by atoms with Gasteiger partial charge in [0.15, 0.2) is 0 Å². The fourth-order valence-corrected chi connectivity index (χ4v) is 4.30. The normalized spacial score (nSPS) is 20.3. The van der Waals surface area contributed by atoms with E-state index in [0.717, 1.165) is 56.3 Å². The van der Waals surface area contributed by atoms with E-state index in [1.165, 1.54) is 10.5 Å². The Labute approximate surface area is 171 Å². The first-order valence-electron chi connectivity index (χ1n) is 10.3. The molecular weight excluding hydrogens is 370 g/mol. The Morgan fingerprint density at radius 3 is 2.52 bits per heavy atom. The number of benzene rings is 1. The second-order valence-corrected chi connectivity index (χ2v) is 8.07. The molecule has 156 valence electrons. The lowest BCUT2D eigenvalue weighted by Crippen LogP contribution is -2.51. The highest BCUT2D eigenvalue weighted by Crippen LogP contribution is 2.25. The molecule has 0 radical (unpaired) electrons. The smallest absolute Gasteiger partial charge is 0.249 e. The minimum absolute atomic E-state index is 0.253. The quantitative estimate of drug-likeness (QED) is 0.531. The Kier molecular flexibility index (Phi) is 7.01. The summed E-state index contributed by atoms with van der Waals surface area (Å²) in [4.78, 5) is 49.3. The van der Waals surface area contributed by atoms with Crippen LogP contribution in [-0.4, -0.2) is 53.6 Å². The Morgan fingerprint density at radius 2 is 1.86 bits per heavy atom. The third-order valence-electron chi connectivity index (χ3n) is 6.28. The molecule has 2 aliphatic heterocycles. The van der Waals surface area contributed by atoms with Crippen molar-refractivity contribution in [3.63, 3.8) is 0 Å². The van der Waals surface area contributed by atoms with E-state index in [0.29, 0.717) is 25.3 Å². The lowest BCUT2D eigenvalue weighted by atomic mass is 9.89. The van der Waals surface area contributed by atoms with Crippen LogP contribution in [0.15, 0.2) is 18.2 Å². The predicted octanol–water partition coefficient (Wildman–Crippen LogP) is 1.56. The molecule has 2 fully saturated rings. The number of hydrogen-bond acceptors (Lipinski definition) is 4. The van der Waals surface area contributed by atoms with Gasteiger partial charge in [0.1, 0.15) is 6.04 Å². The number of amides is 4. The van der Waals surface area contributed by atoms with Crippen LogP contribution in [0.5, 0.6) is 0 Å². The second-order valence-electron chi connectivity index (χ2n) is 8.07. The number of carbonyl (C=O) groups excluding carboxylic acids is 4. The number of nitrogens with zero attached hydrogens (tertiary/aromatic N) is 2. The molecule has 2 aliphatic rings. The average Bonchev–Trinajstić information content (AvgIpc) is 2.73. The van der Waals surface area contributed by atoms with Crippen molar-refractivity contribution in [2.24, 2.45) is 5.92 Å². The minimum Gasteiger partial charge on any atom is -0.345 e. The molecule has 1 aromatic carbocycles. The Balaban J connectivity index is 1.62. The van der Waals surface area contributed by atoms with Gasteiger partial charge in [-0.15, -0.1) is 0 Å². The van der Waals surface area contributed by atoms with Crippen molar-refractivity contribution in [2.75, 3.05) is 13.1 Å². The number of rotatable bonds is 8. The average molecular weight is 399 g/mol. The number of likely N-dealkylation sites (tertiary alicyclic amines) is 1. The summed E-state index contributed by atoms with van der Waals surface area (Å²) in [5.41, 5.74) is 3.43. The van der Waals surface area contributed by atoms with Gasteiger partial charge in [0, 0.05) is 26.1 Å². The van der Waals surface area contributed by atoms with Crippen LogP contribution in [0.3, 0.4) is 0 Å². The minimum atomic E-state index is -0.601. The number of imide groups is 1. The highest BCUT2D eigenvalue weighted by atomic mass is 16.2. The molecule has 1 unspecified atom stereocenters. The van der Waals surface area contributed by atoms with Crippen LogP contribution >= 0.6 is 0 Å². The van der Waals surface area contributed by atoms with Gasteiger partial charge >= 0.3 is 0 Å². The van der Waals surface area contributed by atoms with E-state index in [1.54, 1.807) is 0 Å². The zero-order valence-corrected chi connectivity index (χ0v) is 16.9. The van der Waals surface area contributed by atoms with Crippen molar-refractivity contribution >= 4 is 24.6 Å². The van der Waals surface area contributed by atoms with E-state index in [9.17, 15) is 19.2 Å². The van der Waals surface area contributed by atoms with Crippen LogP contribution in [-0.2, 0) is 32.1 Å². The zero-order valence-electron chi connectivity index (χ0n) is 16.9. The maximum absolute atomic E-state index is 12.1. The molecule has 0 aromatic heterocycles. The van der Waals surface area contributed by atoms with Gasteiger partial charge in [-0.1, -0.05) is 18.2 Å². The Bertz CT molecular complexity index is 771. The SMILES string of the molecule is Cc1c(CCC2CCN(C=O)CC2)cccc1CN(C=O)C1CCC(=O)NC1=O. The highest BCUT2D eigenvalue weighted by molar-refractivity contribution is 6.00. The number of nitrogens with one attached hydrogen (secondary N) is 1. The van der Waals surface area contributed by atoms with Gasteiger partial charge in [-0.3, -0.25) is 24.5 Å². The molecule has 1 aromatic rings. The van der Waals surface area contributed by atoms with E-state index in [4.69, 9.17) is 0 Å². The molecule has 7 heteroatoms. The number of piperidine rings is 2. The molecule has 2 saturated heterocycles. The molecule has 0 aliphatic carbocycles. The van der Waals surface area contributed by atoms with E-state index in [-0.39, 0.29) is 12.3 Å². The molecule has 29 heavy (non-hydrogen) atoms. The topological polar surface area (TPSA) is 86.8 Å². The molecule has 1 atom stereocenters. The van der Waals surface area contributed by atoms with Gasteiger partial charge in [-0.05, 0) is 61.6 Å².